The van der Waals surface area contributed by atoms with Crippen LogP contribution in [0.15, 0.2) is 18.2 Å². The van der Waals surface area contributed by atoms with Crippen LogP contribution in [0.1, 0.15) is 18.6 Å². The van der Waals surface area contributed by atoms with E-state index >= 15 is 0 Å². The Labute approximate surface area is 71.8 Å². The van der Waals surface area contributed by atoms with Gasteiger partial charge in [-0.2, -0.15) is 0 Å². The van der Waals surface area contributed by atoms with Crippen LogP contribution in [0, 0.1) is 0 Å². The number of anilines is 1. The fourth-order valence-electron chi connectivity index (χ4n) is 0.988. The number of nitrogen functional groups attached to an aromatic ring is 1. The largest absolute Gasteiger partial charge is 0.495 e. The minimum Gasteiger partial charge on any atom is -0.495 e. The molecule has 3 heteroatoms. The Morgan fingerprint density at radius 1 is 1.50 bits per heavy atom. The van der Waals surface area contributed by atoms with E-state index in [4.69, 9.17) is 10.5 Å². The molecule has 0 bridgehead atoms. The van der Waals surface area contributed by atoms with Gasteiger partial charge in [-0.15, -0.1) is 0 Å². The van der Waals surface area contributed by atoms with Crippen molar-refractivity contribution in [1.82, 2.24) is 0 Å². The molecule has 0 aliphatic carbocycles. The molecule has 1 aromatic rings. The summed E-state index contributed by atoms with van der Waals surface area (Å²) in [5.41, 5.74) is 6.99. The highest BCUT2D eigenvalue weighted by atomic mass is 16.5. The lowest BCUT2D eigenvalue weighted by molar-refractivity contribution is 0.199. The van der Waals surface area contributed by atoms with Crippen LogP contribution in [0.3, 0.4) is 0 Å². The lowest BCUT2D eigenvalue weighted by Gasteiger charge is -2.08. The molecule has 1 unspecified atom stereocenters. The van der Waals surface area contributed by atoms with Crippen LogP contribution in [-0.4, -0.2) is 12.2 Å². The summed E-state index contributed by atoms with van der Waals surface area (Å²) < 4.78 is 5.00. The number of ether oxygens (including phenoxy) is 1. The molecule has 0 spiro atoms. The average molecular weight is 167 g/mol. The molecule has 0 radical (unpaired) electrons. The van der Waals surface area contributed by atoms with E-state index < -0.39 is 6.10 Å². The van der Waals surface area contributed by atoms with Crippen molar-refractivity contribution in [3.05, 3.63) is 23.8 Å². The maximum Gasteiger partial charge on any atom is 0.142 e. The van der Waals surface area contributed by atoms with Crippen LogP contribution in [0.25, 0.3) is 0 Å². The van der Waals surface area contributed by atoms with Crippen molar-refractivity contribution in [2.24, 2.45) is 0 Å². The zero-order valence-electron chi connectivity index (χ0n) is 7.24. The lowest BCUT2D eigenvalue weighted by atomic mass is 10.1. The van der Waals surface area contributed by atoms with Crippen molar-refractivity contribution < 1.29 is 9.84 Å². The molecule has 0 aliphatic heterocycles. The highest BCUT2D eigenvalue weighted by molar-refractivity contribution is 5.54. The molecule has 0 saturated heterocycles. The number of hydrogen-bond acceptors (Lipinski definition) is 3. The van der Waals surface area contributed by atoms with Gasteiger partial charge >= 0.3 is 0 Å². The first-order valence-corrected chi connectivity index (χ1v) is 3.76. The molecule has 0 amide bonds. The third-order valence-electron chi connectivity index (χ3n) is 1.74. The Hall–Kier alpha value is -1.22. The summed E-state index contributed by atoms with van der Waals surface area (Å²) >= 11 is 0. The van der Waals surface area contributed by atoms with Crippen LogP contribution in [0.4, 0.5) is 5.69 Å². The number of aliphatic hydroxyl groups is 1. The van der Waals surface area contributed by atoms with E-state index in [0.717, 1.165) is 5.56 Å². The van der Waals surface area contributed by atoms with Crippen molar-refractivity contribution in [2.45, 2.75) is 13.0 Å². The van der Waals surface area contributed by atoms with E-state index in [1.165, 1.54) is 0 Å². The van der Waals surface area contributed by atoms with Gasteiger partial charge in [0.1, 0.15) is 5.75 Å². The molecule has 0 heterocycles. The molecule has 0 aliphatic rings. The van der Waals surface area contributed by atoms with Crippen molar-refractivity contribution in [2.75, 3.05) is 12.8 Å². The maximum atomic E-state index is 9.24. The van der Waals surface area contributed by atoms with Gasteiger partial charge in [0.25, 0.3) is 0 Å². The van der Waals surface area contributed by atoms with Gasteiger partial charge in [-0.25, -0.2) is 0 Å². The first-order chi connectivity index (χ1) is 5.65. The topological polar surface area (TPSA) is 55.5 Å². The number of hydrogen-bond donors (Lipinski definition) is 2. The fraction of sp³-hybridized carbons (Fsp3) is 0.333. The Bertz CT molecular complexity index is 271. The molecule has 1 rings (SSSR count). The van der Waals surface area contributed by atoms with E-state index in [9.17, 15) is 5.11 Å². The number of aliphatic hydroxyl groups excluding tert-OH is 1. The Morgan fingerprint density at radius 3 is 2.67 bits per heavy atom. The van der Waals surface area contributed by atoms with E-state index in [1.807, 2.05) is 0 Å². The van der Waals surface area contributed by atoms with Crippen molar-refractivity contribution in [1.29, 1.82) is 0 Å². The van der Waals surface area contributed by atoms with Gasteiger partial charge in [0.05, 0.1) is 18.9 Å². The van der Waals surface area contributed by atoms with Gasteiger partial charge < -0.3 is 15.6 Å². The Morgan fingerprint density at radius 2 is 2.17 bits per heavy atom. The normalized spacial score (nSPS) is 12.6. The van der Waals surface area contributed by atoms with Crippen LogP contribution in [-0.2, 0) is 0 Å². The second kappa shape index (κ2) is 3.45. The lowest BCUT2D eigenvalue weighted by Crippen LogP contribution is -1.96. The van der Waals surface area contributed by atoms with Crippen molar-refractivity contribution in [3.8, 4) is 5.75 Å². The number of rotatable bonds is 2. The molecular weight excluding hydrogens is 154 g/mol. The summed E-state index contributed by atoms with van der Waals surface area (Å²) in [6.07, 6.45) is -0.487. The van der Waals surface area contributed by atoms with Gasteiger partial charge in [0.2, 0.25) is 0 Å². The SMILES string of the molecule is COc1cc(C(C)O)ccc1N. The van der Waals surface area contributed by atoms with Crippen LogP contribution in [0.5, 0.6) is 5.75 Å². The molecule has 3 N–H and O–H groups in total. The van der Waals surface area contributed by atoms with Gasteiger partial charge in [0.15, 0.2) is 0 Å². The zero-order chi connectivity index (χ0) is 9.14. The Balaban J connectivity index is 3.05. The standard InChI is InChI=1S/C9H13NO2/c1-6(11)7-3-4-8(10)9(5-7)12-2/h3-6,11H,10H2,1-2H3. The van der Waals surface area contributed by atoms with Crippen molar-refractivity contribution in [3.63, 3.8) is 0 Å². The highest BCUT2D eigenvalue weighted by Crippen LogP contribution is 2.25. The van der Waals surface area contributed by atoms with Crippen LogP contribution < -0.4 is 10.5 Å². The third-order valence-corrected chi connectivity index (χ3v) is 1.74. The molecule has 1 aromatic carbocycles. The molecular formula is C9H13NO2. The van der Waals surface area contributed by atoms with E-state index in [-0.39, 0.29) is 0 Å². The van der Waals surface area contributed by atoms with Gasteiger partial charge in [-0.1, -0.05) is 6.07 Å². The molecule has 0 fully saturated rings. The summed E-state index contributed by atoms with van der Waals surface area (Å²) in [6.45, 7) is 1.70. The predicted molar refractivity (Wildman–Crippen MR) is 48.0 cm³/mol. The van der Waals surface area contributed by atoms with Crippen LogP contribution in [0.2, 0.25) is 0 Å². The minimum atomic E-state index is -0.487. The fourth-order valence-corrected chi connectivity index (χ4v) is 0.988. The van der Waals surface area contributed by atoms with E-state index in [1.54, 1.807) is 32.2 Å². The Kier molecular flexibility index (Phi) is 2.55. The second-order valence-corrected chi connectivity index (χ2v) is 2.68. The monoisotopic (exact) mass is 167 g/mol. The average Bonchev–Trinajstić information content (AvgIpc) is 2.05. The summed E-state index contributed by atoms with van der Waals surface area (Å²) in [6, 6.07) is 5.24. The minimum absolute atomic E-state index is 0.487. The first kappa shape index (κ1) is 8.87. The molecule has 1 atom stereocenters. The van der Waals surface area contributed by atoms with E-state index in [2.05, 4.69) is 0 Å². The molecule has 0 aromatic heterocycles. The molecule has 12 heavy (non-hydrogen) atoms. The number of methoxy groups -OCH3 is 1. The summed E-state index contributed by atoms with van der Waals surface area (Å²) in [5, 5.41) is 9.24. The smallest absolute Gasteiger partial charge is 0.142 e. The quantitative estimate of drug-likeness (QED) is 0.653. The summed E-state index contributed by atoms with van der Waals surface area (Å²) in [5.74, 6) is 0.605. The van der Waals surface area contributed by atoms with Gasteiger partial charge in [-0.3, -0.25) is 0 Å². The predicted octanol–water partition coefficient (Wildman–Crippen LogP) is 1.33. The molecule has 0 saturated carbocycles. The van der Waals surface area contributed by atoms with Gasteiger partial charge in [-0.05, 0) is 24.6 Å². The van der Waals surface area contributed by atoms with Crippen LogP contribution >= 0.6 is 0 Å². The highest BCUT2D eigenvalue weighted by Gasteiger charge is 2.04. The number of nitrogens with two attached hydrogens (primary N) is 1. The van der Waals surface area contributed by atoms with Crippen molar-refractivity contribution >= 4 is 5.69 Å². The zero-order valence-corrected chi connectivity index (χ0v) is 7.24. The third kappa shape index (κ3) is 1.68. The van der Waals surface area contributed by atoms with E-state index in [0.29, 0.717) is 11.4 Å². The second-order valence-electron chi connectivity index (χ2n) is 2.68. The summed E-state index contributed by atoms with van der Waals surface area (Å²) in [7, 11) is 1.55. The summed E-state index contributed by atoms with van der Waals surface area (Å²) in [4.78, 5) is 0. The maximum absolute atomic E-state index is 9.24. The molecule has 66 valence electrons. The van der Waals surface area contributed by atoms with Gasteiger partial charge in [0, 0.05) is 0 Å². The number of benzene rings is 1. The first-order valence-electron chi connectivity index (χ1n) is 3.76. The molecule has 3 nitrogen and oxygen atoms in total.